The van der Waals surface area contributed by atoms with E-state index in [1.54, 1.807) is 7.05 Å². The van der Waals surface area contributed by atoms with Gasteiger partial charge in [-0.25, -0.2) is 4.98 Å². The van der Waals surface area contributed by atoms with Crippen LogP contribution < -0.4 is 10.6 Å². The van der Waals surface area contributed by atoms with Crippen LogP contribution in [-0.4, -0.2) is 67.1 Å². The van der Waals surface area contributed by atoms with Crippen molar-refractivity contribution in [2.45, 2.75) is 26.9 Å². The van der Waals surface area contributed by atoms with E-state index in [0.717, 1.165) is 63.2 Å². The molecule has 0 radical (unpaired) electrons. The molecule has 152 valence electrons. The van der Waals surface area contributed by atoms with Crippen LogP contribution in [0.25, 0.3) is 0 Å². The van der Waals surface area contributed by atoms with Gasteiger partial charge in [0.25, 0.3) is 0 Å². The zero-order valence-corrected chi connectivity index (χ0v) is 17.2. The third kappa shape index (κ3) is 6.07. The van der Waals surface area contributed by atoms with Crippen LogP contribution in [0.5, 0.6) is 0 Å². The lowest BCUT2D eigenvalue weighted by Crippen LogP contribution is -2.48. The summed E-state index contributed by atoms with van der Waals surface area (Å²) in [6.07, 6.45) is 0. The van der Waals surface area contributed by atoms with Crippen molar-refractivity contribution in [3.05, 3.63) is 53.2 Å². The van der Waals surface area contributed by atoms with Gasteiger partial charge in [-0.3, -0.25) is 14.8 Å². The molecule has 3 rings (SSSR count). The summed E-state index contributed by atoms with van der Waals surface area (Å²) in [6.45, 7) is 11.8. The van der Waals surface area contributed by atoms with Crippen molar-refractivity contribution < 1.29 is 4.42 Å². The first-order valence-corrected chi connectivity index (χ1v) is 10.00. The number of hydrogen-bond donors (Lipinski definition) is 2. The van der Waals surface area contributed by atoms with Crippen LogP contribution >= 0.6 is 0 Å². The largest absolute Gasteiger partial charge is 0.444 e. The number of hydrogen-bond acceptors (Lipinski definition) is 5. The summed E-state index contributed by atoms with van der Waals surface area (Å²) >= 11 is 0. The maximum atomic E-state index is 5.59. The molecule has 2 heterocycles. The Labute approximate surface area is 167 Å². The molecular weight excluding hydrogens is 352 g/mol. The van der Waals surface area contributed by atoms with Crippen molar-refractivity contribution in [3.8, 4) is 0 Å². The topological polar surface area (TPSA) is 68.9 Å². The van der Waals surface area contributed by atoms with Crippen molar-refractivity contribution >= 4 is 5.96 Å². The van der Waals surface area contributed by atoms with Crippen LogP contribution in [0, 0.1) is 13.8 Å². The lowest BCUT2D eigenvalue weighted by molar-refractivity contribution is 0.129. The van der Waals surface area contributed by atoms with Gasteiger partial charge in [0.2, 0.25) is 5.89 Å². The molecule has 7 nitrogen and oxygen atoms in total. The Hall–Kier alpha value is -2.38. The Bertz CT molecular complexity index is 730. The summed E-state index contributed by atoms with van der Waals surface area (Å²) < 4.78 is 5.59. The molecule has 1 aromatic carbocycles. The Kier molecular flexibility index (Phi) is 7.45. The molecule has 7 heteroatoms. The summed E-state index contributed by atoms with van der Waals surface area (Å²) in [7, 11) is 1.78. The Morgan fingerprint density at radius 1 is 1.07 bits per heavy atom. The van der Waals surface area contributed by atoms with E-state index in [1.165, 1.54) is 5.56 Å². The lowest BCUT2D eigenvalue weighted by atomic mass is 10.2. The van der Waals surface area contributed by atoms with E-state index < -0.39 is 0 Å². The molecule has 0 unspecified atom stereocenters. The molecule has 1 saturated heterocycles. The smallest absolute Gasteiger partial charge is 0.214 e. The van der Waals surface area contributed by atoms with Gasteiger partial charge >= 0.3 is 0 Å². The van der Waals surface area contributed by atoms with Gasteiger partial charge in [0.15, 0.2) is 5.96 Å². The van der Waals surface area contributed by atoms with Gasteiger partial charge in [-0.2, -0.15) is 0 Å². The van der Waals surface area contributed by atoms with E-state index in [0.29, 0.717) is 12.4 Å². The number of aromatic nitrogens is 1. The van der Waals surface area contributed by atoms with Crippen LogP contribution in [0.2, 0.25) is 0 Å². The van der Waals surface area contributed by atoms with Crippen LogP contribution in [-0.2, 0) is 13.1 Å². The second-order valence-electron chi connectivity index (χ2n) is 7.21. The molecule has 0 amide bonds. The van der Waals surface area contributed by atoms with Gasteiger partial charge in [0, 0.05) is 52.9 Å². The molecule has 2 aromatic rings. The number of aliphatic imine (C=N–C) groups is 1. The molecular formula is C21H32N6O. The minimum Gasteiger partial charge on any atom is -0.444 e. The number of aryl methyl sites for hydroxylation is 2. The molecule has 1 aliphatic rings. The van der Waals surface area contributed by atoms with Gasteiger partial charge in [0.05, 0.1) is 12.2 Å². The molecule has 0 spiro atoms. The average Bonchev–Trinajstić information content (AvgIpc) is 3.04. The minimum absolute atomic E-state index is 0.534. The first kappa shape index (κ1) is 20.4. The SMILES string of the molecule is CN=C(NCCN1CCN(Cc2ccccc2)CC1)NCc1nc(C)c(C)o1. The number of guanidine groups is 1. The highest BCUT2D eigenvalue weighted by atomic mass is 16.4. The predicted octanol–water partition coefficient (Wildman–Crippen LogP) is 1.77. The summed E-state index contributed by atoms with van der Waals surface area (Å²) in [5.74, 6) is 2.33. The minimum atomic E-state index is 0.534. The van der Waals surface area contributed by atoms with Gasteiger partial charge in [0.1, 0.15) is 5.76 Å². The molecule has 1 aromatic heterocycles. The van der Waals surface area contributed by atoms with Gasteiger partial charge in [-0.1, -0.05) is 30.3 Å². The summed E-state index contributed by atoms with van der Waals surface area (Å²) in [5, 5.41) is 6.63. The fourth-order valence-corrected chi connectivity index (χ4v) is 3.34. The standard InChI is InChI=1S/C21H32N6O/c1-17-18(2)28-20(25-17)15-24-21(22-3)23-9-10-26-11-13-27(14-12-26)16-19-7-5-4-6-8-19/h4-8H,9-16H2,1-3H3,(H2,22,23,24). The van der Waals surface area contributed by atoms with Gasteiger partial charge in [-0.15, -0.1) is 0 Å². The Morgan fingerprint density at radius 2 is 1.79 bits per heavy atom. The number of oxazole rings is 1. The summed E-state index contributed by atoms with van der Waals surface area (Å²) in [4.78, 5) is 13.7. The van der Waals surface area contributed by atoms with Crippen LogP contribution in [0.1, 0.15) is 22.9 Å². The fraction of sp³-hybridized carbons (Fsp3) is 0.524. The number of piperazine rings is 1. The van der Waals surface area contributed by atoms with Crippen molar-refractivity contribution in [2.75, 3.05) is 46.3 Å². The Morgan fingerprint density at radius 3 is 2.43 bits per heavy atom. The third-order valence-corrected chi connectivity index (χ3v) is 5.14. The number of nitrogens with one attached hydrogen (secondary N) is 2. The average molecular weight is 385 g/mol. The molecule has 0 saturated carbocycles. The maximum Gasteiger partial charge on any atom is 0.214 e. The van der Waals surface area contributed by atoms with Crippen LogP contribution in [0.4, 0.5) is 0 Å². The summed E-state index contributed by atoms with van der Waals surface area (Å²) in [5.41, 5.74) is 2.33. The van der Waals surface area contributed by atoms with Crippen molar-refractivity contribution in [3.63, 3.8) is 0 Å². The highest BCUT2D eigenvalue weighted by Crippen LogP contribution is 2.08. The zero-order chi connectivity index (χ0) is 19.8. The first-order chi connectivity index (χ1) is 13.6. The summed E-state index contributed by atoms with van der Waals surface area (Å²) in [6, 6.07) is 10.7. The van der Waals surface area contributed by atoms with E-state index >= 15 is 0 Å². The second kappa shape index (κ2) is 10.2. The molecule has 2 N–H and O–H groups in total. The van der Waals surface area contributed by atoms with E-state index in [4.69, 9.17) is 4.42 Å². The van der Waals surface area contributed by atoms with Crippen LogP contribution in [0.3, 0.4) is 0 Å². The van der Waals surface area contributed by atoms with Gasteiger partial charge < -0.3 is 15.1 Å². The molecule has 28 heavy (non-hydrogen) atoms. The molecule has 0 atom stereocenters. The highest BCUT2D eigenvalue weighted by Gasteiger charge is 2.16. The second-order valence-corrected chi connectivity index (χ2v) is 7.21. The Balaban J connectivity index is 1.32. The monoisotopic (exact) mass is 384 g/mol. The van der Waals surface area contributed by atoms with E-state index in [1.807, 2.05) is 13.8 Å². The van der Waals surface area contributed by atoms with Crippen molar-refractivity contribution in [2.24, 2.45) is 4.99 Å². The quantitative estimate of drug-likeness (QED) is 0.560. The molecule has 1 fully saturated rings. The number of nitrogens with zero attached hydrogens (tertiary/aromatic N) is 4. The lowest BCUT2D eigenvalue weighted by Gasteiger charge is -2.34. The maximum absolute atomic E-state index is 5.59. The van der Waals surface area contributed by atoms with Crippen molar-refractivity contribution in [1.82, 2.24) is 25.4 Å². The third-order valence-electron chi connectivity index (χ3n) is 5.14. The van der Waals surface area contributed by atoms with Crippen molar-refractivity contribution in [1.29, 1.82) is 0 Å². The normalized spacial score (nSPS) is 16.3. The number of rotatable bonds is 7. The predicted molar refractivity (Wildman–Crippen MR) is 112 cm³/mol. The zero-order valence-electron chi connectivity index (χ0n) is 17.2. The molecule has 1 aliphatic heterocycles. The van der Waals surface area contributed by atoms with E-state index in [-0.39, 0.29) is 0 Å². The highest BCUT2D eigenvalue weighted by molar-refractivity contribution is 5.79. The fourth-order valence-electron chi connectivity index (χ4n) is 3.34. The molecule has 0 bridgehead atoms. The van der Waals surface area contributed by atoms with E-state index in [9.17, 15) is 0 Å². The van der Waals surface area contributed by atoms with E-state index in [2.05, 4.69) is 60.7 Å². The van der Waals surface area contributed by atoms with Gasteiger partial charge in [-0.05, 0) is 19.4 Å². The van der Waals surface area contributed by atoms with Crippen LogP contribution in [0.15, 0.2) is 39.7 Å². The number of benzene rings is 1. The molecule has 0 aliphatic carbocycles. The first-order valence-electron chi connectivity index (χ1n) is 10.00.